The zero-order valence-electron chi connectivity index (χ0n) is 10.3. The summed E-state index contributed by atoms with van der Waals surface area (Å²) in [7, 11) is -4.16. The van der Waals surface area contributed by atoms with Crippen LogP contribution in [0.25, 0.3) is 0 Å². The van der Waals surface area contributed by atoms with Crippen molar-refractivity contribution >= 4 is 39.3 Å². The van der Waals surface area contributed by atoms with Crippen LogP contribution in [0, 0.1) is 0 Å². The smallest absolute Gasteiger partial charge is 0.340 e. The summed E-state index contributed by atoms with van der Waals surface area (Å²) in [5.41, 5.74) is 0.0144. The molecule has 0 bridgehead atoms. The topological polar surface area (TPSA) is 80.7 Å². The second kappa shape index (κ2) is 5.93. The lowest BCUT2D eigenvalue weighted by Gasteiger charge is -2.09. The molecule has 1 N–H and O–H groups in total. The van der Waals surface area contributed by atoms with Crippen molar-refractivity contribution in [2.24, 2.45) is 0 Å². The number of hydrogen-bond acceptors (Lipinski definition) is 4. The summed E-state index contributed by atoms with van der Waals surface area (Å²) in [6, 6.07) is 9.07. The van der Waals surface area contributed by atoms with Crippen LogP contribution in [0.1, 0.15) is 10.4 Å². The lowest BCUT2D eigenvalue weighted by Crippen LogP contribution is -2.10. The van der Waals surface area contributed by atoms with E-state index in [2.05, 4.69) is 0 Å². The number of aromatic carboxylic acids is 1. The molecule has 0 aliphatic heterocycles. The first-order valence-corrected chi connectivity index (χ1v) is 7.69. The molecule has 0 radical (unpaired) electrons. The van der Waals surface area contributed by atoms with Gasteiger partial charge in [-0.25, -0.2) is 4.79 Å². The van der Waals surface area contributed by atoms with E-state index >= 15 is 0 Å². The molecular weight excluding hydrogens is 339 g/mol. The van der Waals surface area contributed by atoms with Gasteiger partial charge in [0.25, 0.3) is 0 Å². The van der Waals surface area contributed by atoms with E-state index in [4.69, 9.17) is 32.5 Å². The Morgan fingerprint density at radius 2 is 1.67 bits per heavy atom. The summed E-state index contributed by atoms with van der Waals surface area (Å²) < 4.78 is 29.1. The zero-order chi connectivity index (χ0) is 15.6. The van der Waals surface area contributed by atoms with Crippen LogP contribution in [0.3, 0.4) is 0 Å². The SMILES string of the molecule is O=C(O)c1ccc(OS(=O)(=O)c2cccc(Cl)c2Cl)cc1. The van der Waals surface area contributed by atoms with Crippen molar-refractivity contribution in [3.05, 3.63) is 58.1 Å². The highest BCUT2D eigenvalue weighted by Crippen LogP contribution is 2.30. The van der Waals surface area contributed by atoms with Crippen molar-refractivity contribution in [3.63, 3.8) is 0 Å². The molecule has 0 atom stereocenters. The van der Waals surface area contributed by atoms with E-state index in [0.717, 1.165) is 0 Å². The quantitative estimate of drug-likeness (QED) is 0.857. The monoisotopic (exact) mass is 346 g/mol. The number of halogens is 2. The molecule has 0 amide bonds. The summed E-state index contributed by atoms with van der Waals surface area (Å²) in [6.07, 6.45) is 0. The minimum absolute atomic E-state index is 0.0144. The van der Waals surface area contributed by atoms with Gasteiger partial charge in [-0.15, -0.1) is 0 Å². The number of rotatable bonds is 4. The maximum absolute atomic E-state index is 12.1. The molecule has 8 heteroatoms. The predicted octanol–water partition coefficient (Wildman–Crippen LogP) is 3.46. The first-order valence-electron chi connectivity index (χ1n) is 5.53. The molecule has 0 fully saturated rings. The molecule has 0 aliphatic carbocycles. The van der Waals surface area contributed by atoms with E-state index in [1.807, 2.05) is 0 Å². The Morgan fingerprint density at radius 3 is 2.24 bits per heavy atom. The maximum atomic E-state index is 12.1. The van der Waals surface area contributed by atoms with E-state index in [0.29, 0.717) is 0 Å². The third-order valence-electron chi connectivity index (χ3n) is 2.49. The Balaban J connectivity index is 2.33. The third kappa shape index (κ3) is 3.47. The number of carbonyl (C=O) groups is 1. The molecule has 0 aliphatic rings. The number of benzene rings is 2. The van der Waals surface area contributed by atoms with E-state index in [1.165, 1.54) is 42.5 Å². The Morgan fingerprint density at radius 1 is 1.05 bits per heavy atom. The normalized spacial score (nSPS) is 11.1. The molecule has 0 aromatic heterocycles. The molecule has 0 unspecified atom stereocenters. The minimum Gasteiger partial charge on any atom is -0.478 e. The highest BCUT2D eigenvalue weighted by atomic mass is 35.5. The van der Waals surface area contributed by atoms with Gasteiger partial charge < -0.3 is 9.29 Å². The van der Waals surface area contributed by atoms with Crippen molar-refractivity contribution in [1.29, 1.82) is 0 Å². The van der Waals surface area contributed by atoms with Crippen LogP contribution >= 0.6 is 23.2 Å². The Bertz CT molecular complexity index is 785. The second-order valence-electron chi connectivity index (χ2n) is 3.92. The zero-order valence-corrected chi connectivity index (χ0v) is 12.6. The fourth-order valence-corrected chi connectivity index (χ4v) is 3.17. The molecule has 110 valence electrons. The maximum Gasteiger partial charge on any atom is 0.340 e. The molecular formula is C13H8Cl2O5S. The van der Waals surface area contributed by atoms with Gasteiger partial charge in [-0.1, -0.05) is 29.3 Å². The van der Waals surface area contributed by atoms with Crippen LogP contribution < -0.4 is 4.18 Å². The summed E-state index contributed by atoms with van der Waals surface area (Å²) in [6.45, 7) is 0. The van der Waals surface area contributed by atoms with Crippen LogP contribution in [0.4, 0.5) is 0 Å². The molecule has 2 rings (SSSR count). The van der Waals surface area contributed by atoms with Crippen molar-refractivity contribution in [1.82, 2.24) is 0 Å². The fourth-order valence-electron chi connectivity index (χ4n) is 1.50. The highest BCUT2D eigenvalue weighted by Gasteiger charge is 2.21. The Kier molecular flexibility index (Phi) is 4.41. The second-order valence-corrected chi connectivity index (χ2v) is 6.22. The molecule has 5 nitrogen and oxygen atoms in total. The number of carboxylic acids is 1. The van der Waals surface area contributed by atoms with Gasteiger partial charge in [0.2, 0.25) is 0 Å². The first kappa shape index (κ1) is 15.6. The van der Waals surface area contributed by atoms with Gasteiger partial charge in [0.15, 0.2) is 0 Å². The van der Waals surface area contributed by atoms with Gasteiger partial charge in [-0.05, 0) is 36.4 Å². The van der Waals surface area contributed by atoms with E-state index in [9.17, 15) is 13.2 Å². The van der Waals surface area contributed by atoms with Gasteiger partial charge in [-0.3, -0.25) is 0 Å². The van der Waals surface area contributed by atoms with Crippen LogP contribution in [-0.2, 0) is 10.1 Å². The van der Waals surface area contributed by atoms with Crippen LogP contribution in [0.15, 0.2) is 47.4 Å². The van der Waals surface area contributed by atoms with E-state index in [-0.39, 0.29) is 26.3 Å². The molecule has 2 aromatic rings. The first-order chi connectivity index (χ1) is 9.81. The number of carboxylic acid groups (broad SMARTS) is 1. The lowest BCUT2D eigenvalue weighted by molar-refractivity contribution is 0.0697. The van der Waals surface area contributed by atoms with Crippen molar-refractivity contribution < 1.29 is 22.5 Å². The fraction of sp³-hybridized carbons (Fsp3) is 0. The average Bonchev–Trinajstić information content (AvgIpc) is 2.41. The van der Waals surface area contributed by atoms with Crippen LogP contribution in [0.2, 0.25) is 10.0 Å². The van der Waals surface area contributed by atoms with Gasteiger partial charge in [-0.2, -0.15) is 8.42 Å². The standard InChI is InChI=1S/C13H8Cl2O5S/c14-10-2-1-3-11(12(10)15)21(18,19)20-9-6-4-8(5-7-9)13(16)17/h1-7H,(H,16,17). The van der Waals surface area contributed by atoms with Crippen molar-refractivity contribution in [2.45, 2.75) is 4.90 Å². The lowest BCUT2D eigenvalue weighted by atomic mass is 10.2. The van der Waals surface area contributed by atoms with Gasteiger partial charge in [0.05, 0.1) is 15.6 Å². The van der Waals surface area contributed by atoms with E-state index < -0.39 is 16.1 Å². The van der Waals surface area contributed by atoms with E-state index in [1.54, 1.807) is 0 Å². The highest BCUT2D eigenvalue weighted by molar-refractivity contribution is 7.87. The summed E-state index contributed by atoms with van der Waals surface area (Å²) in [5, 5.41) is 8.71. The predicted molar refractivity (Wildman–Crippen MR) is 77.7 cm³/mol. The van der Waals surface area contributed by atoms with Crippen LogP contribution in [-0.4, -0.2) is 19.5 Å². The molecule has 0 saturated heterocycles. The summed E-state index contributed by atoms with van der Waals surface area (Å²) >= 11 is 11.6. The minimum atomic E-state index is -4.16. The van der Waals surface area contributed by atoms with Crippen molar-refractivity contribution in [2.75, 3.05) is 0 Å². The summed E-state index contributed by atoms with van der Waals surface area (Å²) in [5.74, 6) is -1.15. The number of hydrogen-bond donors (Lipinski definition) is 1. The largest absolute Gasteiger partial charge is 0.478 e. The summed E-state index contributed by atoms with van der Waals surface area (Å²) in [4.78, 5) is 10.4. The molecule has 0 saturated carbocycles. The van der Waals surface area contributed by atoms with Gasteiger partial charge in [0.1, 0.15) is 10.6 Å². The Labute approximate surface area is 130 Å². The Hall–Kier alpha value is -1.76. The average molecular weight is 347 g/mol. The molecule has 0 spiro atoms. The van der Waals surface area contributed by atoms with Gasteiger partial charge in [0, 0.05) is 0 Å². The molecule has 2 aromatic carbocycles. The third-order valence-corrected chi connectivity index (χ3v) is 4.71. The van der Waals surface area contributed by atoms with Gasteiger partial charge >= 0.3 is 16.1 Å². The molecule has 21 heavy (non-hydrogen) atoms. The van der Waals surface area contributed by atoms with Crippen LogP contribution in [0.5, 0.6) is 5.75 Å². The van der Waals surface area contributed by atoms with Crippen molar-refractivity contribution in [3.8, 4) is 5.75 Å². The molecule has 0 heterocycles.